The maximum atomic E-state index is 14.4. The van der Waals surface area contributed by atoms with Gasteiger partial charge in [-0.25, -0.2) is 14.4 Å². The third-order valence-electron chi connectivity index (χ3n) is 5.12. The first-order valence-electron chi connectivity index (χ1n) is 9.63. The normalized spacial score (nSPS) is 17.1. The van der Waals surface area contributed by atoms with E-state index in [0.29, 0.717) is 43.2 Å². The zero-order chi connectivity index (χ0) is 20.2. The summed E-state index contributed by atoms with van der Waals surface area (Å²) in [4.78, 5) is 34.2. The molecule has 2 aromatic rings. The Balaban J connectivity index is 1.38. The molecule has 2 amide bonds. The van der Waals surface area contributed by atoms with Gasteiger partial charge >= 0.3 is 0 Å². The number of piperidine rings is 1. The van der Waals surface area contributed by atoms with Gasteiger partial charge in [-0.2, -0.15) is 0 Å². The summed E-state index contributed by atoms with van der Waals surface area (Å²) >= 11 is 1.28. The van der Waals surface area contributed by atoms with E-state index >= 15 is 0 Å². The molecule has 0 spiro atoms. The second kappa shape index (κ2) is 8.65. The molecule has 0 radical (unpaired) electrons. The van der Waals surface area contributed by atoms with Crippen LogP contribution >= 0.6 is 11.3 Å². The maximum absolute atomic E-state index is 14.4. The highest BCUT2D eigenvalue weighted by molar-refractivity contribution is 7.10. The number of amides is 2. The number of hydrogen-bond donors (Lipinski definition) is 1. The minimum absolute atomic E-state index is 0.0143. The average Bonchev–Trinajstić information content (AvgIpc) is 3.21. The lowest BCUT2D eigenvalue weighted by molar-refractivity contribution is -0.126. The zero-order valence-electron chi connectivity index (χ0n) is 15.9. The quantitative estimate of drug-likeness (QED) is 0.778. The number of aromatic nitrogens is 2. The van der Waals surface area contributed by atoms with Crippen LogP contribution in [0.25, 0.3) is 11.9 Å². The SMILES string of the molecule is O=C1CCCc2cc(/C=C/C(=O)N3CCC(=C(F)c4nccs4)CC3)cnc2N1. The predicted molar refractivity (Wildman–Crippen MR) is 111 cm³/mol. The van der Waals surface area contributed by atoms with Crippen LogP contribution in [0.15, 0.2) is 35.5 Å². The highest BCUT2D eigenvalue weighted by Crippen LogP contribution is 2.29. The predicted octanol–water partition coefficient (Wildman–Crippen LogP) is 3.83. The molecule has 0 bridgehead atoms. The number of halogens is 1. The number of hydrogen-bond acceptors (Lipinski definition) is 5. The Morgan fingerprint density at radius 1 is 1.21 bits per heavy atom. The van der Waals surface area contributed by atoms with Crippen molar-refractivity contribution in [2.75, 3.05) is 18.4 Å². The summed E-state index contributed by atoms with van der Waals surface area (Å²) in [6, 6.07) is 1.96. The molecule has 0 atom stereocenters. The van der Waals surface area contributed by atoms with Crippen LogP contribution in [0.4, 0.5) is 10.2 Å². The number of thiazole rings is 1. The van der Waals surface area contributed by atoms with Gasteiger partial charge in [0.25, 0.3) is 0 Å². The third kappa shape index (κ3) is 4.59. The lowest BCUT2D eigenvalue weighted by atomic mass is 10.0. The summed E-state index contributed by atoms with van der Waals surface area (Å²) in [5.74, 6) is 0.251. The van der Waals surface area contributed by atoms with E-state index in [1.807, 2.05) is 6.07 Å². The van der Waals surface area contributed by atoms with Gasteiger partial charge in [0, 0.05) is 43.4 Å². The molecule has 1 saturated heterocycles. The summed E-state index contributed by atoms with van der Waals surface area (Å²) in [5, 5.41) is 4.96. The summed E-state index contributed by atoms with van der Waals surface area (Å²) in [7, 11) is 0. The summed E-state index contributed by atoms with van der Waals surface area (Å²) < 4.78 is 14.4. The minimum atomic E-state index is -0.245. The molecular weight excluding hydrogens is 391 g/mol. The molecular formula is C21H21FN4O2S. The van der Waals surface area contributed by atoms with Crippen molar-refractivity contribution in [1.82, 2.24) is 14.9 Å². The van der Waals surface area contributed by atoms with Gasteiger partial charge in [0.15, 0.2) is 10.8 Å². The summed E-state index contributed by atoms with van der Waals surface area (Å²) in [5.41, 5.74) is 2.53. The van der Waals surface area contributed by atoms with Crippen molar-refractivity contribution in [2.45, 2.75) is 32.1 Å². The van der Waals surface area contributed by atoms with Crippen LogP contribution in [0.1, 0.15) is 41.8 Å². The maximum Gasteiger partial charge on any atom is 0.246 e. The first kappa shape index (κ1) is 19.4. The van der Waals surface area contributed by atoms with Gasteiger partial charge in [-0.05, 0) is 54.5 Å². The van der Waals surface area contributed by atoms with Crippen LogP contribution in [0.3, 0.4) is 0 Å². The van der Waals surface area contributed by atoms with E-state index in [2.05, 4.69) is 15.3 Å². The van der Waals surface area contributed by atoms with E-state index in [-0.39, 0.29) is 17.6 Å². The number of fused-ring (bicyclic) bond motifs is 1. The van der Waals surface area contributed by atoms with Gasteiger partial charge in [0.05, 0.1) is 0 Å². The van der Waals surface area contributed by atoms with Gasteiger partial charge in [-0.3, -0.25) is 9.59 Å². The number of carbonyl (C=O) groups excluding carboxylic acids is 2. The topological polar surface area (TPSA) is 75.2 Å². The number of nitrogens with one attached hydrogen (secondary N) is 1. The van der Waals surface area contributed by atoms with E-state index in [9.17, 15) is 14.0 Å². The third-order valence-corrected chi connectivity index (χ3v) is 5.89. The number of carbonyl (C=O) groups is 2. The van der Waals surface area contributed by atoms with Crippen molar-refractivity contribution in [3.63, 3.8) is 0 Å². The van der Waals surface area contributed by atoms with Gasteiger partial charge in [-0.1, -0.05) is 0 Å². The number of anilines is 1. The Bertz CT molecular complexity index is 975. The first-order valence-corrected chi connectivity index (χ1v) is 10.5. The van der Waals surface area contributed by atoms with Crippen molar-refractivity contribution < 1.29 is 14.0 Å². The van der Waals surface area contributed by atoms with Gasteiger partial charge < -0.3 is 10.2 Å². The number of likely N-dealkylation sites (tertiary alicyclic amines) is 1. The fourth-order valence-corrected chi connectivity index (χ4v) is 4.15. The molecule has 2 aliphatic rings. The molecule has 8 heteroatoms. The Labute approximate surface area is 172 Å². The average molecular weight is 412 g/mol. The lowest BCUT2D eigenvalue weighted by Crippen LogP contribution is -2.35. The Morgan fingerprint density at radius 2 is 2.03 bits per heavy atom. The van der Waals surface area contributed by atoms with Crippen molar-refractivity contribution in [3.8, 4) is 0 Å². The second-order valence-corrected chi connectivity index (χ2v) is 7.99. The van der Waals surface area contributed by atoms with Crippen LogP contribution in [-0.4, -0.2) is 39.8 Å². The number of rotatable bonds is 3. The molecule has 2 aliphatic heterocycles. The first-order chi connectivity index (χ1) is 14.1. The Kier molecular flexibility index (Phi) is 5.80. The summed E-state index contributed by atoms with van der Waals surface area (Å²) in [6.45, 7) is 0.984. The van der Waals surface area contributed by atoms with Gasteiger partial charge in [0.2, 0.25) is 11.8 Å². The van der Waals surface area contributed by atoms with Crippen molar-refractivity contribution >= 4 is 40.9 Å². The molecule has 6 nitrogen and oxygen atoms in total. The standard InChI is InChI=1S/C21H21FN4O2S/c22-19(21-23-8-11-29-21)15-6-9-26(10-7-15)18(28)5-4-14-12-16-2-1-3-17(27)25-20(16)24-13-14/h4-5,8,11-13H,1-3,6-7,9-10H2,(H,24,25,27)/b5-4+. The van der Waals surface area contributed by atoms with Gasteiger partial charge in [0.1, 0.15) is 5.82 Å². The highest BCUT2D eigenvalue weighted by Gasteiger charge is 2.21. The van der Waals surface area contributed by atoms with Crippen LogP contribution in [0.2, 0.25) is 0 Å². The monoisotopic (exact) mass is 412 g/mol. The molecule has 4 rings (SSSR count). The van der Waals surface area contributed by atoms with Crippen molar-refractivity contribution in [2.24, 2.45) is 0 Å². The smallest absolute Gasteiger partial charge is 0.246 e. The highest BCUT2D eigenvalue weighted by atomic mass is 32.1. The van der Waals surface area contributed by atoms with E-state index in [1.54, 1.807) is 28.7 Å². The molecule has 4 heterocycles. The van der Waals surface area contributed by atoms with Crippen LogP contribution in [0.5, 0.6) is 0 Å². The number of aryl methyl sites for hydroxylation is 1. The molecule has 0 aliphatic carbocycles. The molecule has 0 aromatic carbocycles. The second-order valence-electron chi connectivity index (χ2n) is 7.09. The molecule has 2 aromatic heterocycles. The molecule has 0 saturated carbocycles. The van der Waals surface area contributed by atoms with E-state index in [4.69, 9.17) is 0 Å². The van der Waals surface area contributed by atoms with Crippen LogP contribution in [0, 0.1) is 0 Å². The molecule has 150 valence electrons. The fraction of sp³-hybridized carbons (Fsp3) is 0.333. The van der Waals surface area contributed by atoms with Crippen LogP contribution in [-0.2, 0) is 16.0 Å². The van der Waals surface area contributed by atoms with Crippen molar-refractivity contribution in [1.29, 1.82) is 0 Å². The molecule has 29 heavy (non-hydrogen) atoms. The largest absolute Gasteiger partial charge is 0.339 e. The molecule has 0 unspecified atom stereocenters. The van der Waals surface area contributed by atoms with Gasteiger partial charge in [-0.15, -0.1) is 11.3 Å². The van der Waals surface area contributed by atoms with E-state index in [0.717, 1.165) is 29.5 Å². The Morgan fingerprint density at radius 3 is 2.79 bits per heavy atom. The van der Waals surface area contributed by atoms with Crippen LogP contribution < -0.4 is 5.32 Å². The zero-order valence-corrected chi connectivity index (χ0v) is 16.7. The van der Waals surface area contributed by atoms with Crippen molar-refractivity contribution in [3.05, 3.63) is 51.6 Å². The number of nitrogens with zero attached hydrogens (tertiary/aromatic N) is 3. The Hall–Kier alpha value is -2.87. The fourth-order valence-electron chi connectivity index (χ4n) is 3.53. The minimum Gasteiger partial charge on any atom is -0.339 e. The van der Waals surface area contributed by atoms with E-state index in [1.165, 1.54) is 17.4 Å². The van der Waals surface area contributed by atoms with E-state index < -0.39 is 0 Å². The number of pyridine rings is 1. The molecule has 1 N–H and O–H groups in total. The molecule has 1 fully saturated rings. The summed E-state index contributed by atoms with van der Waals surface area (Å²) in [6.07, 6.45) is 9.61. The lowest BCUT2D eigenvalue weighted by Gasteiger charge is -2.27.